The van der Waals surface area contributed by atoms with Crippen molar-refractivity contribution in [3.8, 4) is 35.4 Å². The van der Waals surface area contributed by atoms with Gasteiger partial charge in [0.15, 0.2) is 5.82 Å². The molecule has 2 aliphatic heterocycles. The van der Waals surface area contributed by atoms with Gasteiger partial charge in [0.1, 0.15) is 28.6 Å². The lowest BCUT2D eigenvalue weighted by molar-refractivity contribution is 0.00244. The Bertz CT molecular complexity index is 1880. The van der Waals surface area contributed by atoms with E-state index >= 15 is 4.39 Å². The molecule has 8 nitrogen and oxygen atoms in total. The van der Waals surface area contributed by atoms with Crippen LogP contribution >= 0.6 is 0 Å². The van der Waals surface area contributed by atoms with Crippen LogP contribution in [0.1, 0.15) is 64.4 Å². The lowest BCUT2D eigenvalue weighted by Crippen LogP contribution is -2.51. The van der Waals surface area contributed by atoms with E-state index < -0.39 is 17.2 Å². The average molecular weight is 628 g/mol. The Hall–Kier alpha value is -4.07. The summed E-state index contributed by atoms with van der Waals surface area (Å²) in [4.78, 5) is 18.4. The summed E-state index contributed by atoms with van der Waals surface area (Å²) in [6, 6.07) is 6.00. The molecule has 0 unspecified atom stereocenters. The summed E-state index contributed by atoms with van der Waals surface area (Å²) in [6.45, 7) is 7.42. The number of aliphatic hydroxyl groups is 1. The molecule has 46 heavy (non-hydrogen) atoms. The number of aromatic nitrogens is 3. The summed E-state index contributed by atoms with van der Waals surface area (Å²) in [7, 11) is 0. The maximum Gasteiger partial charge on any atom is 0.319 e. The summed E-state index contributed by atoms with van der Waals surface area (Å²) in [5.41, 5.74) is -0.988. The first-order chi connectivity index (χ1) is 22.1. The maximum absolute atomic E-state index is 16.8. The number of β-amino-alcohol motifs (C(OH)–C–C–N with tert-alkyl or cyclic N) is 1. The molecule has 1 saturated carbocycles. The number of hydrogen-bond donors (Lipinski definition) is 2. The molecule has 10 heteroatoms. The number of anilines is 1. The Kier molecular flexibility index (Phi) is 7.73. The van der Waals surface area contributed by atoms with E-state index in [1.165, 1.54) is 30.5 Å². The molecule has 2 aromatic heterocycles. The highest BCUT2D eigenvalue weighted by atomic mass is 19.1. The predicted molar refractivity (Wildman–Crippen MR) is 174 cm³/mol. The second kappa shape index (κ2) is 11.6. The second-order valence-corrected chi connectivity index (χ2v) is 13.5. The van der Waals surface area contributed by atoms with Crippen LogP contribution in [-0.2, 0) is 0 Å². The maximum atomic E-state index is 16.8. The minimum Gasteiger partial charge on any atom is -0.508 e. The van der Waals surface area contributed by atoms with Gasteiger partial charge in [-0.25, -0.2) is 8.78 Å². The van der Waals surface area contributed by atoms with Gasteiger partial charge in [-0.05, 0) is 82.1 Å². The van der Waals surface area contributed by atoms with Gasteiger partial charge in [0.25, 0.3) is 0 Å². The van der Waals surface area contributed by atoms with Gasteiger partial charge in [-0.15, -0.1) is 6.42 Å². The van der Waals surface area contributed by atoms with E-state index in [-0.39, 0.29) is 44.9 Å². The quantitative estimate of drug-likeness (QED) is 0.244. The number of fused-ring (bicyclic) bond motifs is 3. The molecule has 240 valence electrons. The second-order valence-electron chi connectivity index (χ2n) is 13.5. The van der Waals surface area contributed by atoms with Crippen molar-refractivity contribution in [1.29, 1.82) is 0 Å². The number of halogens is 2. The Morgan fingerprint density at radius 1 is 1.11 bits per heavy atom. The van der Waals surface area contributed by atoms with E-state index in [4.69, 9.17) is 16.1 Å². The summed E-state index contributed by atoms with van der Waals surface area (Å²) in [6.07, 6.45) is 14.0. The highest BCUT2D eigenvalue weighted by Gasteiger charge is 2.48. The molecule has 0 spiro atoms. The number of pyridine rings is 1. The number of phenolic OH excluding ortho intramolecular Hbond substituents is 1. The number of terminal acetylenes is 1. The van der Waals surface area contributed by atoms with Gasteiger partial charge < -0.3 is 19.8 Å². The first kappa shape index (κ1) is 30.6. The zero-order valence-corrected chi connectivity index (χ0v) is 26.3. The van der Waals surface area contributed by atoms with Crippen LogP contribution in [0.3, 0.4) is 0 Å². The van der Waals surface area contributed by atoms with Crippen molar-refractivity contribution in [2.24, 2.45) is 5.41 Å². The standard InChI is InChI=1S/C36H39F2N5O3/c1-4-24-27(37)11-10-22-17-23(44)18-25(29(22)24)31-30(38)32-26(19-39-31)33(43-16-7-12-35(3,45)20-43)41-34(40-32)46-21-36-13-6-9-28(36)42(5-2)15-8-14-36/h1,10-11,17-19,28,44-45H,5-9,12-16,20-21H2,2-3H3/t28-,35-,36-/m1/s1. The molecule has 7 rings (SSSR count). The molecule has 4 heterocycles. The summed E-state index contributed by atoms with van der Waals surface area (Å²) in [5, 5.41) is 22.6. The Morgan fingerprint density at radius 2 is 1.91 bits per heavy atom. The number of nitrogens with zero attached hydrogens (tertiary/aromatic N) is 5. The molecule has 1 aliphatic carbocycles. The summed E-state index contributed by atoms with van der Waals surface area (Å²) in [5.74, 6) is 1.29. The molecular weight excluding hydrogens is 588 g/mol. The number of piperidine rings is 2. The summed E-state index contributed by atoms with van der Waals surface area (Å²) < 4.78 is 38.1. The first-order valence-electron chi connectivity index (χ1n) is 16.3. The number of rotatable bonds is 6. The zero-order chi connectivity index (χ0) is 32.2. The number of aromatic hydroxyl groups is 1. The number of phenols is 1. The highest BCUT2D eigenvalue weighted by molar-refractivity contribution is 6.03. The van der Waals surface area contributed by atoms with Crippen LogP contribution in [0.2, 0.25) is 0 Å². The van der Waals surface area contributed by atoms with E-state index in [1.807, 2.05) is 4.90 Å². The number of ether oxygens (including phenoxy) is 1. The molecule has 3 atom stereocenters. The van der Waals surface area contributed by atoms with Crippen LogP contribution in [0.15, 0.2) is 30.5 Å². The van der Waals surface area contributed by atoms with E-state index in [1.54, 1.807) is 6.92 Å². The SMILES string of the molecule is C#Cc1c(F)ccc2cc(O)cc(-c3ncc4c(N5CCC[C@@](C)(O)C5)nc(OC[C@]56CCC[C@H]5N(CC)CCC6)nc4c3F)c12. The average Bonchev–Trinajstić information content (AvgIpc) is 3.48. The molecule has 4 aromatic rings. The van der Waals surface area contributed by atoms with Crippen molar-refractivity contribution in [1.82, 2.24) is 19.9 Å². The third kappa shape index (κ3) is 5.19. The third-order valence-corrected chi connectivity index (χ3v) is 10.4. The van der Waals surface area contributed by atoms with Crippen molar-refractivity contribution >= 4 is 27.5 Å². The lowest BCUT2D eigenvalue weighted by Gasteiger charge is -2.45. The smallest absolute Gasteiger partial charge is 0.319 e. The molecule has 2 N–H and O–H groups in total. The van der Waals surface area contributed by atoms with Gasteiger partial charge in [0, 0.05) is 41.7 Å². The van der Waals surface area contributed by atoms with Crippen LogP contribution in [0.25, 0.3) is 32.9 Å². The molecule has 2 saturated heterocycles. The molecule has 3 fully saturated rings. The predicted octanol–water partition coefficient (Wildman–Crippen LogP) is 6.19. The van der Waals surface area contributed by atoms with Crippen LogP contribution in [-0.4, -0.2) is 74.5 Å². The van der Waals surface area contributed by atoms with Gasteiger partial charge in [0.05, 0.1) is 23.2 Å². The van der Waals surface area contributed by atoms with Crippen LogP contribution in [0, 0.1) is 29.4 Å². The largest absolute Gasteiger partial charge is 0.508 e. The van der Waals surface area contributed by atoms with Crippen molar-refractivity contribution in [3.63, 3.8) is 0 Å². The zero-order valence-electron chi connectivity index (χ0n) is 26.3. The van der Waals surface area contributed by atoms with E-state index in [0.29, 0.717) is 48.7 Å². The molecule has 0 bridgehead atoms. The van der Waals surface area contributed by atoms with Gasteiger partial charge in [-0.3, -0.25) is 9.88 Å². The van der Waals surface area contributed by atoms with E-state index in [9.17, 15) is 14.6 Å². The molecule has 0 amide bonds. The van der Waals surface area contributed by atoms with E-state index in [2.05, 4.69) is 27.7 Å². The molecule has 2 aromatic carbocycles. The molecule has 3 aliphatic rings. The van der Waals surface area contributed by atoms with Crippen LogP contribution in [0.5, 0.6) is 11.8 Å². The fourth-order valence-corrected chi connectivity index (χ4v) is 8.27. The Labute approximate surface area is 267 Å². The molecule has 0 radical (unpaired) electrons. The monoisotopic (exact) mass is 627 g/mol. The first-order valence-corrected chi connectivity index (χ1v) is 16.3. The van der Waals surface area contributed by atoms with Crippen LogP contribution in [0.4, 0.5) is 14.6 Å². The van der Waals surface area contributed by atoms with E-state index in [0.717, 1.165) is 51.6 Å². The number of likely N-dealkylation sites (tertiary alicyclic amines) is 1. The van der Waals surface area contributed by atoms with Crippen molar-refractivity contribution in [2.45, 2.75) is 70.4 Å². The number of benzene rings is 2. The fraction of sp³-hybridized carbons (Fsp3) is 0.472. The van der Waals surface area contributed by atoms with Gasteiger partial charge >= 0.3 is 6.01 Å². The fourth-order valence-electron chi connectivity index (χ4n) is 8.27. The topological polar surface area (TPSA) is 94.8 Å². The van der Waals surface area contributed by atoms with Crippen LogP contribution < -0.4 is 9.64 Å². The highest BCUT2D eigenvalue weighted by Crippen LogP contribution is 2.48. The lowest BCUT2D eigenvalue weighted by atomic mass is 9.75. The summed E-state index contributed by atoms with van der Waals surface area (Å²) >= 11 is 0. The minimum absolute atomic E-state index is 0.00956. The van der Waals surface area contributed by atoms with Gasteiger partial charge in [-0.2, -0.15) is 9.97 Å². The van der Waals surface area contributed by atoms with Crippen molar-refractivity contribution in [3.05, 3.63) is 47.7 Å². The minimum atomic E-state index is -0.944. The van der Waals surface area contributed by atoms with Crippen molar-refractivity contribution in [2.75, 3.05) is 37.7 Å². The van der Waals surface area contributed by atoms with Gasteiger partial charge in [-0.1, -0.05) is 25.3 Å². The normalized spacial score (nSPS) is 25.1. The number of hydrogen-bond acceptors (Lipinski definition) is 8. The van der Waals surface area contributed by atoms with Crippen molar-refractivity contribution < 1.29 is 23.7 Å². The Morgan fingerprint density at radius 3 is 2.70 bits per heavy atom. The Balaban J connectivity index is 1.37. The third-order valence-electron chi connectivity index (χ3n) is 10.4. The van der Waals surface area contributed by atoms with Gasteiger partial charge in [0.2, 0.25) is 0 Å². The molecular formula is C36H39F2N5O3.